The molecule has 0 spiro atoms. The van der Waals surface area contributed by atoms with Crippen molar-refractivity contribution >= 4 is 34.0 Å². The molecule has 3 N–H and O–H groups in total. The van der Waals surface area contributed by atoms with E-state index in [0.717, 1.165) is 21.5 Å². The topological polar surface area (TPSA) is 38.0 Å². The van der Waals surface area contributed by atoms with Crippen LogP contribution in [-0.4, -0.2) is 6.54 Å². The van der Waals surface area contributed by atoms with Gasteiger partial charge in [-0.05, 0) is 47.7 Å². The highest BCUT2D eigenvalue weighted by Gasteiger charge is 1.96. The number of halogens is 1. The molecule has 3 heteroatoms. The summed E-state index contributed by atoms with van der Waals surface area (Å²) in [4.78, 5) is 0. The maximum atomic E-state index is 5.81. The van der Waals surface area contributed by atoms with Crippen molar-refractivity contribution in [2.75, 3.05) is 17.6 Å². The van der Waals surface area contributed by atoms with Crippen molar-refractivity contribution in [1.82, 2.24) is 0 Å². The second kappa shape index (κ2) is 5.11. The van der Waals surface area contributed by atoms with Gasteiger partial charge in [0.05, 0.1) is 11.4 Å². The molecule has 0 aliphatic carbocycles. The average molecular weight is 288 g/mol. The van der Waals surface area contributed by atoms with Gasteiger partial charge >= 0.3 is 0 Å². The Balaban J connectivity index is 2.66. The van der Waals surface area contributed by atoms with Crippen LogP contribution in [0.3, 0.4) is 0 Å². The van der Waals surface area contributed by atoms with Crippen LogP contribution < -0.4 is 11.1 Å². The zero-order valence-electron chi connectivity index (χ0n) is 7.55. The van der Waals surface area contributed by atoms with E-state index in [1.807, 2.05) is 31.2 Å². The third-order valence-corrected chi connectivity index (χ3v) is 2.33. The van der Waals surface area contributed by atoms with Crippen molar-refractivity contribution in [2.24, 2.45) is 0 Å². The molecule has 0 aromatic heterocycles. The summed E-state index contributed by atoms with van der Waals surface area (Å²) in [5.41, 5.74) is 7.61. The van der Waals surface area contributed by atoms with Crippen molar-refractivity contribution in [1.29, 1.82) is 0 Å². The van der Waals surface area contributed by atoms with Crippen LogP contribution in [0.1, 0.15) is 6.92 Å². The molecule has 0 fully saturated rings. The summed E-state index contributed by atoms with van der Waals surface area (Å²) < 4.78 is 1.16. The number of rotatable bonds is 3. The Kier molecular flexibility index (Phi) is 4.08. The minimum atomic E-state index is 0.802. The Morgan fingerprint density at radius 2 is 2.31 bits per heavy atom. The van der Waals surface area contributed by atoms with E-state index in [9.17, 15) is 0 Å². The van der Waals surface area contributed by atoms with E-state index in [2.05, 4.69) is 34.0 Å². The van der Waals surface area contributed by atoms with Crippen LogP contribution in [0.2, 0.25) is 0 Å². The summed E-state index contributed by atoms with van der Waals surface area (Å²) in [6.07, 6.45) is 4.06. The molecule has 70 valence electrons. The molecule has 1 rings (SSSR count). The highest BCUT2D eigenvalue weighted by atomic mass is 127. The Labute approximate surface area is 92.4 Å². The van der Waals surface area contributed by atoms with Gasteiger partial charge in [-0.2, -0.15) is 0 Å². The molecule has 0 radical (unpaired) electrons. The summed E-state index contributed by atoms with van der Waals surface area (Å²) in [6, 6.07) is 5.99. The fraction of sp³-hybridized carbons (Fsp3) is 0.200. The number of anilines is 2. The first-order valence-electron chi connectivity index (χ1n) is 4.14. The van der Waals surface area contributed by atoms with Crippen molar-refractivity contribution in [3.8, 4) is 0 Å². The summed E-state index contributed by atoms with van der Waals surface area (Å²) in [5.74, 6) is 0. The molecule has 2 nitrogen and oxygen atoms in total. The normalized spacial score (nSPS) is 10.6. The van der Waals surface area contributed by atoms with E-state index in [4.69, 9.17) is 5.73 Å². The SMILES string of the molecule is C/C=C/CNc1ccc(I)cc1N. The summed E-state index contributed by atoms with van der Waals surface area (Å²) in [5, 5.41) is 3.23. The van der Waals surface area contributed by atoms with Crippen LogP contribution in [0.4, 0.5) is 11.4 Å². The fourth-order valence-corrected chi connectivity index (χ4v) is 1.50. The third kappa shape index (κ3) is 3.26. The molecular weight excluding hydrogens is 275 g/mol. The lowest BCUT2D eigenvalue weighted by molar-refractivity contribution is 1.33. The highest BCUT2D eigenvalue weighted by Crippen LogP contribution is 2.20. The molecule has 1 aromatic rings. The molecule has 0 saturated carbocycles. The Bertz CT molecular complexity index is 308. The molecule has 1 aromatic carbocycles. The second-order valence-electron chi connectivity index (χ2n) is 2.68. The van der Waals surface area contributed by atoms with E-state index in [0.29, 0.717) is 0 Å². The molecule has 0 saturated heterocycles. The molecule has 0 unspecified atom stereocenters. The summed E-state index contributed by atoms with van der Waals surface area (Å²) in [7, 11) is 0. The van der Waals surface area contributed by atoms with Crippen LogP contribution in [-0.2, 0) is 0 Å². The Morgan fingerprint density at radius 3 is 2.92 bits per heavy atom. The van der Waals surface area contributed by atoms with Crippen molar-refractivity contribution in [3.63, 3.8) is 0 Å². The molecule has 0 aliphatic rings. The zero-order valence-corrected chi connectivity index (χ0v) is 9.71. The minimum absolute atomic E-state index is 0.802. The van der Waals surface area contributed by atoms with E-state index < -0.39 is 0 Å². The smallest absolute Gasteiger partial charge is 0.0577 e. The lowest BCUT2D eigenvalue weighted by atomic mass is 10.2. The maximum Gasteiger partial charge on any atom is 0.0577 e. The molecule has 0 aliphatic heterocycles. The maximum absolute atomic E-state index is 5.81. The largest absolute Gasteiger partial charge is 0.397 e. The van der Waals surface area contributed by atoms with Gasteiger partial charge in [-0.25, -0.2) is 0 Å². The first kappa shape index (κ1) is 10.4. The van der Waals surface area contributed by atoms with Gasteiger partial charge in [0.15, 0.2) is 0 Å². The van der Waals surface area contributed by atoms with Gasteiger partial charge in [-0.15, -0.1) is 0 Å². The Hall–Kier alpha value is -0.710. The van der Waals surface area contributed by atoms with Crippen molar-refractivity contribution < 1.29 is 0 Å². The van der Waals surface area contributed by atoms with Crippen molar-refractivity contribution in [3.05, 3.63) is 33.9 Å². The summed E-state index contributed by atoms with van der Waals surface area (Å²) >= 11 is 2.25. The lowest BCUT2D eigenvalue weighted by Crippen LogP contribution is -2.01. The van der Waals surface area contributed by atoms with E-state index >= 15 is 0 Å². The lowest BCUT2D eigenvalue weighted by Gasteiger charge is -2.06. The van der Waals surface area contributed by atoms with Gasteiger partial charge in [0, 0.05) is 10.1 Å². The third-order valence-electron chi connectivity index (χ3n) is 1.66. The molecule has 0 atom stereocenters. The van der Waals surface area contributed by atoms with Gasteiger partial charge in [0.2, 0.25) is 0 Å². The number of allylic oxidation sites excluding steroid dienone is 1. The number of nitrogens with one attached hydrogen (secondary N) is 1. The van der Waals surface area contributed by atoms with Crippen LogP contribution in [0.15, 0.2) is 30.4 Å². The molecule has 13 heavy (non-hydrogen) atoms. The monoisotopic (exact) mass is 288 g/mol. The quantitative estimate of drug-likeness (QED) is 0.510. The predicted molar refractivity (Wildman–Crippen MR) is 66.9 cm³/mol. The van der Waals surface area contributed by atoms with Gasteiger partial charge in [-0.1, -0.05) is 12.2 Å². The standard InChI is InChI=1S/C10H13IN2/c1-2-3-6-13-10-5-4-8(11)7-9(10)12/h2-5,7,13H,6,12H2,1H3/b3-2+. The highest BCUT2D eigenvalue weighted by molar-refractivity contribution is 14.1. The van der Waals surface area contributed by atoms with Gasteiger partial charge in [-0.3, -0.25) is 0 Å². The van der Waals surface area contributed by atoms with E-state index in [1.54, 1.807) is 0 Å². The van der Waals surface area contributed by atoms with Crippen LogP contribution >= 0.6 is 22.6 Å². The van der Waals surface area contributed by atoms with E-state index in [-0.39, 0.29) is 0 Å². The van der Waals surface area contributed by atoms with Gasteiger partial charge < -0.3 is 11.1 Å². The van der Waals surface area contributed by atoms with Crippen LogP contribution in [0, 0.1) is 3.57 Å². The number of nitrogen functional groups attached to an aromatic ring is 1. The number of benzene rings is 1. The van der Waals surface area contributed by atoms with Crippen LogP contribution in [0.5, 0.6) is 0 Å². The number of nitrogens with two attached hydrogens (primary N) is 1. The second-order valence-corrected chi connectivity index (χ2v) is 3.93. The molecule has 0 bridgehead atoms. The van der Waals surface area contributed by atoms with E-state index in [1.165, 1.54) is 0 Å². The van der Waals surface area contributed by atoms with Gasteiger partial charge in [0.1, 0.15) is 0 Å². The first-order valence-corrected chi connectivity index (χ1v) is 5.22. The number of hydrogen-bond acceptors (Lipinski definition) is 2. The molecule has 0 amide bonds. The number of hydrogen-bond donors (Lipinski definition) is 2. The average Bonchev–Trinajstić information content (AvgIpc) is 2.09. The molecular formula is C10H13IN2. The van der Waals surface area contributed by atoms with Crippen LogP contribution in [0.25, 0.3) is 0 Å². The fourth-order valence-electron chi connectivity index (χ4n) is 0.981. The Morgan fingerprint density at radius 1 is 1.54 bits per heavy atom. The van der Waals surface area contributed by atoms with Gasteiger partial charge in [0.25, 0.3) is 0 Å². The first-order chi connectivity index (χ1) is 6.24. The predicted octanol–water partition coefficient (Wildman–Crippen LogP) is 2.86. The summed E-state index contributed by atoms with van der Waals surface area (Å²) in [6.45, 7) is 2.82. The minimum Gasteiger partial charge on any atom is -0.397 e. The molecule has 0 heterocycles. The zero-order chi connectivity index (χ0) is 9.68. The van der Waals surface area contributed by atoms with Crippen molar-refractivity contribution in [2.45, 2.75) is 6.92 Å².